The molecule has 2 aliphatic carbocycles. The summed E-state index contributed by atoms with van der Waals surface area (Å²) in [6, 6.07) is 14.0. The molecule has 6 heteroatoms. The summed E-state index contributed by atoms with van der Waals surface area (Å²) in [5, 5.41) is 28.8. The second-order valence-corrected chi connectivity index (χ2v) is 14.9. The monoisotopic (exact) mass is 688 g/mol. The number of hydrogen-bond acceptors (Lipinski definition) is 6. The molecule has 2 aromatic carbocycles. The standard InChI is InChI=1S/C44H64O6/c1-6-9-10-11-34-18-21-39(24-32(34)7-2)37-14-12-35(13-15-37)36-16-19-38(20-17-36)42-23-22-40(25-33(42)8-3)41(28-49-43(47)30(4)26-45)29-50-44(48)31(5)27-46/h18,21-25,35-38,41,43,45-47H,4-17,19-20,26-29H2,1-3H3. The lowest BCUT2D eigenvalue weighted by Gasteiger charge is -2.38. The van der Waals surface area contributed by atoms with Gasteiger partial charge in [-0.05, 0) is 134 Å². The van der Waals surface area contributed by atoms with Gasteiger partial charge in [0.1, 0.15) is 6.61 Å². The number of carbonyl (C=O) groups is 1. The minimum Gasteiger partial charge on any atom is -0.462 e. The molecule has 0 aliphatic heterocycles. The van der Waals surface area contributed by atoms with Crippen LogP contribution in [0.1, 0.15) is 143 Å². The third-order valence-electron chi connectivity index (χ3n) is 11.7. The molecule has 276 valence electrons. The van der Waals surface area contributed by atoms with E-state index in [1.165, 1.54) is 88.2 Å². The quantitative estimate of drug-likeness (QED) is 0.0449. The van der Waals surface area contributed by atoms with E-state index in [4.69, 9.17) is 9.47 Å². The zero-order chi connectivity index (χ0) is 36.0. The number of aliphatic hydroxyl groups excluding tert-OH is 3. The number of carbonyl (C=O) groups excluding carboxylic acids is 1. The molecule has 4 rings (SSSR count). The smallest absolute Gasteiger partial charge is 0.335 e. The summed E-state index contributed by atoms with van der Waals surface area (Å²) in [5.41, 5.74) is 8.53. The number of aryl methyl sites for hydroxylation is 3. The van der Waals surface area contributed by atoms with Crippen LogP contribution in [0, 0.1) is 11.8 Å². The maximum absolute atomic E-state index is 12.3. The summed E-state index contributed by atoms with van der Waals surface area (Å²) >= 11 is 0. The topological polar surface area (TPSA) is 96.2 Å². The van der Waals surface area contributed by atoms with E-state index in [0.717, 1.165) is 30.2 Å². The molecule has 2 aliphatic rings. The van der Waals surface area contributed by atoms with Crippen LogP contribution in [-0.4, -0.2) is 54.0 Å². The van der Waals surface area contributed by atoms with Crippen LogP contribution in [0.25, 0.3) is 0 Å². The Morgan fingerprint density at radius 1 is 0.780 bits per heavy atom. The molecule has 6 nitrogen and oxygen atoms in total. The maximum atomic E-state index is 12.3. The Labute approximate surface area is 302 Å². The highest BCUT2D eigenvalue weighted by Crippen LogP contribution is 2.46. The van der Waals surface area contributed by atoms with Crippen molar-refractivity contribution in [2.75, 3.05) is 26.4 Å². The van der Waals surface area contributed by atoms with E-state index in [0.29, 0.717) is 11.8 Å². The molecule has 0 aromatic heterocycles. The molecule has 0 radical (unpaired) electrons. The zero-order valence-electron chi connectivity index (χ0n) is 31.1. The lowest BCUT2D eigenvalue weighted by atomic mass is 9.67. The molecule has 2 unspecified atom stereocenters. The van der Waals surface area contributed by atoms with E-state index in [1.807, 2.05) is 0 Å². The summed E-state index contributed by atoms with van der Waals surface area (Å²) in [6.45, 7) is 13.2. The van der Waals surface area contributed by atoms with Gasteiger partial charge < -0.3 is 24.8 Å². The van der Waals surface area contributed by atoms with Gasteiger partial charge in [0.05, 0.1) is 25.4 Å². The summed E-state index contributed by atoms with van der Waals surface area (Å²) in [5.74, 6) is 1.92. The van der Waals surface area contributed by atoms with Crippen molar-refractivity contribution < 1.29 is 29.6 Å². The second kappa shape index (κ2) is 20.3. The maximum Gasteiger partial charge on any atom is 0.335 e. The van der Waals surface area contributed by atoms with Crippen LogP contribution in [-0.2, 0) is 33.5 Å². The first-order chi connectivity index (χ1) is 24.2. The fourth-order valence-electron chi connectivity index (χ4n) is 8.43. The minimum absolute atomic E-state index is 0.0101. The molecule has 2 aromatic rings. The molecule has 50 heavy (non-hydrogen) atoms. The molecular weight excluding hydrogens is 624 g/mol. The van der Waals surface area contributed by atoms with Gasteiger partial charge in [0, 0.05) is 11.5 Å². The molecule has 0 heterocycles. The van der Waals surface area contributed by atoms with E-state index in [2.05, 4.69) is 70.3 Å². The highest BCUT2D eigenvalue weighted by molar-refractivity contribution is 5.87. The van der Waals surface area contributed by atoms with Crippen LogP contribution >= 0.6 is 0 Å². The van der Waals surface area contributed by atoms with Crippen molar-refractivity contribution in [1.29, 1.82) is 0 Å². The average molecular weight is 689 g/mol. The molecule has 0 amide bonds. The van der Waals surface area contributed by atoms with Crippen molar-refractivity contribution in [2.24, 2.45) is 11.8 Å². The van der Waals surface area contributed by atoms with E-state index in [1.54, 1.807) is 16.7 Å². The number of benzene rings is 2. The van der Waals surface area contributed by atoms with Crippen LogP contribution in [0.4, 0.5) is 0 Å². The van der Waals surface area contributed by atoms with Gasteiger partial charge in [-0.15, -0.1) is 0 Å². The molecule has 3 N–H and O–H groups in total. The number of aliphatic hydroxyl groups is 3. The fraction of sp³-hybridized carbons (Fsp3) is 0.614. The summed E-state index contributed by atoms with van der Waals surface area (Å²) in [7, 11) is 0. The van der Waals surface area contributed by atoms with Crippen molar-refractivity contribution >= 4 is 5.97 Å². The first-order valence-electron chi connectivity index (χ1n) is 19.5. The SMILES string of the molecule is C=C(CO)C(=O)OCC(COC(O)C(=C)CO)c1ccc(C2CCC(C3CCC(c4ccc(CCCCC)c(CC)c4)CC3)CC2)c(CC)c1. The van der Waals surface area contributed by atoms with Crippen LogP contribution in [0.15, 0.2) is 60.7 Å². The predicted octanol–water partition coefficient (Wildman–Crippen LogP) is 8.85. The number of hydrogen-bond donors (Lipinski definition) is 3. The Morgan fingerprint density at radius 3 is 2.04 bits per heavy atom. The van der Waals surface area contributed by atoms with Gasteiger partial charge in [-0.1, -0.05) is 83.2 Å². The van der Waals surface area contributed by atoms with Gasteiger partial charge in [0.2, 0.25) is 0 Å². The van der Waals surface area contributed by atoms with Gasteiger partial charge in [0.25, 0.3) is 0 Å². The minimum atomic E-state index is -1.32. The Hall–Kier alpha value is -2.77. The highest BCUT2D eigenvalue weighted by Gasteiger charge is 2.32. The van der Waals surface area contributed by atoms with E-state index < -0.39 is 18.9 Å². The van der Waals surface area contributed by atoms with Crippen LogP contribution < -0.4 is 0 Å². The largest absolute Gasteiger partial charge is 0.462 e. The Balaban J connectivity index is 1.34. The molecule has 2 saturated carbocycles. The number of ether oxygens (including phenoxy) is 2. The molecule has 0 bridgehead atoms. The van der Waals surface area contributed by atoms with Crippen LogP contribution in [0.2, 0.25) is 0 Å². The van der Waals surface area contributed by atoms with Crippen molar-refractivity contribution in [3.8, 4) is 0 Å². The third kappa shape index (κ3) is 10.9. The molecule has 0 saturated heterocycles. The average Bonchev–Trinajstić information content (AvgIpc) is 3.17. The van der Waals surface area contributed by atoms with Crippen LogP contribution in [0.5, 0.6) is 0 Å². The molecule has 2 atom stereocenters. The van der Waals surface area contributed by atoms with Gasteiger partial charge in [-0.2, -0.15) is 0 Å². The predicted molar refractivity (Wildman–Crippen MR) is 202 cm³/mol. The van der Waals surface area contributed by atoms with Crippen molar-refractivity contribution in [3.05, 3.63) is 94.1 Å². The second-order valence-electron chi connectivity index (χ2n) is 14.9. The van der Waals surface area contributed by atoms with E-state index >= 15 is 0 Å². The Kier molecular flexibility index (Phi) is 16.3. The van der Waals surface area contributed by atoms with Gasteiger partial charge >= 0.3 is 5.97 Å². The Bertz CT molecular complexity index is 1380. The third-order valence-corrected chi connectivity index (χ3v) is 11.7. The van der Waals surface area contributed by atoms with Gasteiger partial charge in [0.15, 0.2) is 6.29 Å². The highest BCUT2D eigenvalue weighted by atomic mass is 16.6. The van der Waals surface area contributed by atoms with Gasteiger partial charge in [-0.25, -0.2) is 4.79 Å². The molecular formula is C44H64O6. The number of esters is 1. The first kappa shape index (κ1) is 40.0. The summed E-state index contributed by atoms with van der Waals surface area (Å²) in [4.78, 5) is 12.3. The lowest BCUT2D eigenvalue weighted by molar-refractivity contribution is -0.141. The number of rotatable bonds is 19. The molecule has 2 fully saturated rings. The number of unbranched alkanes of at least 4 members (excludes halogenated alkanes) is 2. The van der Waals surface area contributed by atoms with E-state index in [-0.39, 0.29) is 36.9 Å². The summed E-state index contributed by atoms with van der Waals surface area (Å²) < 4.78 is 11.1. The summed E-state index contributed by atoms with van der Waals surface area (Å²) in [6.07, 6.45) is 16.2. The first-order valence-corrected chi connectivity index (χ1v) is 19.5. The van der Waals surface area contributed by atoms with Gasteiger partial charge in [-0.3, -0.25) is 0 Å². The molecule has 0 spiro atoms. The van der Waals surface area contributed by atoms with Crippen LogP contribution in [0.3, 0.4) is 0 Å². The van der Waals surface area contributed by atoms with Crippen molar-refractivity contribution in [2.45, 2.75) is 135 Å². The van der Waals surface area contributed by atoms with E-state index in [9.17, 15) is 20.1 Å². The lowest BCUT2D eigenvalue weighted by Crippen LogP contribution is -2.25. The Morgan fingerprint density at radius 2 is 1.44 bits per heavy atom. The zero-order valence-corrected chi connectivity index (χ0v) is 31.1. The normalized spacial score (nSPS) is 22.1. The van der Waals surface area contributed by atoms with Crippen molar-refractivity contribution in [3.63, 3.8) is 0 Å². The van der Waals surface area contributed by atoms with Crippen molar-refractivity contribution in [1.82, 2.24) is 0 Å². The fourth-order valence-corrected chi connectivity index (χ4v) is 8.43.